The topological polar surface area (TPSA) is 29.5 Å². The number of carbonyl (C=O) groups is 1. The van der Waals surface area contributed by atoms with Gasteiger partial charge in [0.25, 0.3) is 0 Å². The molecule has 0 radical (unpaired) electrons. The fourth-order valence-electron chi connectivity index (χ4n) is 1.76. The fraction of sp³-hybridized carbons (Fsp3) is 0.786. The number of esters is 1. The van der Waals surface area contributed by atoms with E-state index in [0.29, 0.717) is 6.61 Å². The molecule has 0 heterocycles. The molecule has 0 saturated carbocycles. The van der Waals surface area contributed by atoms with Gasteiger partial charge >= 0.3 is 5.97 Å². The van der Waals surface area contributed by atoms with Crippen LogP contribution in [-0.2, 0) is 9.53 Å². The highest BCUT2D eigenvalue weighted by Gasteiger charge is 2.02. The van der Waals surface area contributed by atoms with Gasteiger partial charge in [-0.15, -0.1) is 0 Å². The minimum absolute atomic E-state index is 0.230. The van der Waals surface area contributed by atoms with Gasteiger partial charge in [-0.25, -0.2) is 4.79 Å². The molecule has 0 unspecified atom stereocenters. The van der Waals surface area contributed by atoms with E-state index in [-0.39, 0.29) is 5.97 Å². The third-order valence-corrected chi connectivity index (χ3v) is 2.50. The lowest BCUT2D eigenvalue weighted by molar-refractivity contribution is -0.137. The largest absolute Gasteiger partial charge is 0.463 e. The summed E-state index contributed by atoms with van der Waals surface area (Å²) < 4.78 is 5.04. The van der Waals surface area contributed by atoms with Crippen molar-refractivity contribution in [1.82, 2.24) is 4.90 Å². The third-order valence-electron chi connectivity index (χ3n) is 2.50. The number of rotatable bonds is 10. The Labute approximate surface area is 106 Å². The molecule has 0 bridgehead atoms. The summed E-state index contributed by atoms with van der Waals surface area (Å²) in [5.74, 6) is -0.230. The number of hydrogen-bond acceptors (Lipinski definition) is 3. The van der Waals surface area contributed by atoms with E-state index in [0.717, 1.165) is 19.4 Å². The SMILES string of the molecule is C/C=C\C(=O)OCCCCN(CCC)CCC. The van der Waals surface area contributed by atoms with E-state index in [1.807, 2.05) is 6.92 Å². The molecular weight excluding hydrogens is 214 g/mol. The first kappa shape index (κ1) is 16.2. The van der Waals surface area contributed by atoms with Crippen LogP contribution < -0.4 is 0 Å². The zero-order valence-corrected chi connectivity index (χ0v) is 11.6. The maximum atomic E-state index is 11.0. The van der Waals surface area contributed by atoms with Crippen LogP contribution in [0.15, 0.2) is 12.2 Å². The molecule has 17 heavy (non-hydrogen) atoms. The summed E-state index contributed by atoms with van der Waals surface area (Å²) in [6.07, 6.45) is 7.62. The normalized spacial score (nSPS) is 11.3. The second-order valence-electron chi connectivity index (χ2n) is 4.22. The number of ether oxygens (including phenoxy) is 1. The first-order chi connectivity index (χ1) is 8.24. The van der Waals surface area contributed by atoms with Crippen LogP contribution in [0.4, 0.5) is 0 Å². The average Bonchev–Trinajstić information content (AvgIpc) is 2.29. The Kier molecular flexibility index (Phi) is 11.1. The molecule has 0 aromatic heterocycles. The number of nitrogens with zero attached hydrogens (tertiary/aromatic N) is 1. The second-order valence-corrected chi connectivity index (χ2v) is 4.22. The van der Waals surface area contributed by atoms with Gasteiger partial charge in [0.2, 0.25) is 0 Å². The molecule has 0 aromatic rings. The minimum atomic E-state index is -0.230. The van der Waals surface area contributed by atoms with Gasteiger partial charge in [0, 0.05) is 6.08 Å². The Balaban J connectivity index is 3.50. The van der Waals surface area contributed by atoms with E-state index < -0.39 is 0 Å². The Morgan fingerprint density at radius 1 is 1.12 bits per heavy atom. The summed E-state index contributed by atoms with van der Waals surface area (Å²) in [6.45, 7) is 10.2. The van der Waals surface area contributed by atoms with E-state index >= 15 is 0 Å². The lowest BCUT2D eigenvalue weighted by Gasteiger charge is -2.20. The quantitative estimate of drug-likeness (QED) is 0.334. The van der Waals surface area contributed by atoms with Crippen LogP contribution in [0.3, 0.4) is 0 Å². The second kappa shape index (κ2) is 11.6. The molecule has 3 nitrogen and oxygen atoms in total. The lowest BCUT2D eigenvalue weighted by Crippen LogP contribution is -2.26. The highest BCUT2D eigenvalue weighted by molar-refractivity contribution is 5.81. The van der Waals surface area contributed by atoms with E-state index in [1.54, 1.807) is 6.08 Å². The number of allylic oxidation sites excluding steroid dienone is 1. The van der Waals surface area contributed by atoms with Crippen LogP contribution in [0.25, 0.3) is 0 Å². The Bertz CT molecular complexity index is 208. The summed E-state index contributed by atoms with van der Waals surface area (Å²) in [4.78, 5) is 13.5. The predicted molar refractivity (Wildman–Crippen MR) is 72.0 cm³/mol. The van der Waals surface area contributed by atoms with Crippen molar-refractivity contribution in [3.8, 4) is 0 Å². The van der Waals surface area contributed by atoms with E-state index in [1.165, 1.54) is 32.0 Å². The summed E-state index contributed by atoms with van der Waals surface area (Å²) in [5, 5.41) is 0. The molecule has 0 spiro atoms. The lowest BCUT2D eigenvalue weighted by atomic mass is 10.2. The van der Waals surface area contributed by atoms with Gasteiger partial charge in [0.1, 0.15) is 0 Å². The van der Waals surface area contributed by atoms with Crippen molar-refractivity contribution in [2.45, 2.75) is 46.5 Å². The molecule has 0 saturated heterocycles. The van der Waals surface area contributed by atoms with Gasteiger partial charge in [-0.3, -0.25) is 0 Å². The third kappa shape index (κ3) is 10.1. The summed E-state index contributed by atoms with van der Waals surface area (Å²) in [6, 6.07) is 0. The highest BCUT2D eigenvalue weighted by Crippen LogP contribution is 1.99. The molecule has 100 valence electrons. The molecule has 0 aromatic carbocycles. The van der Waals surface area contributed by atoms with Crippen molar-refractivity contribution in [2.24, 2.45) is 0 Å². The molecular formula is C14H27NO2. The molecule has 0 N–H and O–H groups in total. The standard InChI is InChI=1S/C14H27NO2/c1-4-9-14(16)17-13-8-7-12-15(10-5-2)11-6-3/h4,9H,5-8,10-13H2,1-3H3/b9-4-. The fourth-order valence-corrected chi connectivity index (χ4v) is 1.76. The van der Waals surface area contributed by atoms with E-state index in [9.17, 15) is 4.79 Å². The predicted octanol–water partition coefficient (Wildman–Crippen LogP) is 3.01. The zero-order valence-electron chi connectivity index (χ0n) is 11.6. The molecule has 0 fully saturated rings. The molecule has 0 rings (SSSR count). The van der Waals surface area contributed by atoms with E-state index in [4.69, 9.17) is 4.74 Å². The zero-order chi connectivity index (χ0) is 12.9. The monoisotopic (exact) mass is 241 g/mol. The number of carbonyl (C=O) groups excluding carboxylic acids is 1. The molecule has 0 atom stereocenters. The first-order valence-electron chi connectivity index (χ1n) is 6.76. The summed E-state index contributed by atoms with van der Waals surface area (Å²) in [5.41, 5.74) is 0. The maximum Gasteiger partial charge on any atom is 0.330 e. The van der Waals surface area contributed by atoms with Crippen molar-refractivity contribution in [2.75, 3.05) is 26.2 Å². The van der Waals surface area contributed by atoms with Gasteiger partial charge in [0.15, 0.2) is 0 Å². The number of unbranched alkanes of at least 4 members (excludes halogenated alkanes) is 1. The van der Waals surface area contributed by atoms with E-state index in [2.05, 4.69) is 18.7 Å². The van der Waals surface area contributed by atoms with Crippen molar-refractivity contribution in [3.63, 3.8) is 0 Å². The molecule has 0 aliphatic heterocycles. The van der Waals surface area contributed by atoms with Gasteiger partial charge in [0.05, 0.1) is 6.61 Å². The van der Waals surface area contributed by atoms with Crippen LogP contribution in [-0.4, -0.2) is 37.1 Å². The van der Waals surface area contributed by atoms with Gasteiger partial charge < -0.3 is 9.64 Å². The Hall–Kier alpha value is -0.830. The number of hydrogen-bond donors (Lipinski definition) is 0. The highest BCUT2D eigenvalue weighted by atomic mass is 16.5. The Morgan fingerprint density at radius 2 is 1.76 bits per heavy atom. The summed E-state index contributed by atoms with van der Waals surface area (Å²) in [7, 11) is 0. The van der Waals surface area contributed by atoms with Crippen molar-refractivity contribution >= 4 is 5.97 Å². The molecule has 3 heteroatoms. The summed E-state index contributed by atoms with van der Waals surface area (Å²) >= 11 is 0. The molecule has 0 aliphatic carbocycles. The average molecular weight is 241 g/mol. The van der Waals surface area contributed by atoms with Crippen molar-refractivity contribution in [3.05, 3.63) is 12.2 Å². The van der Waals surface area contributed by atoms with Gasteiger partial charge in [-0.2, -0.15) is 0 Å². The van der Waals surface area contributed by atoms with Crippen LogP contribution in [0.2, 0.25) is 0 Å². The Morgan fingerprint density at radius 3 is 2.29 bits per heavy atom. The van der Waals surface area contributed by atoms with Crippen LogP contribution in [0, 0.1) is 0 Å². The van der Waals surface area contributed by atoms with Gasteiger partial charge in [-0.05, 0) is 52.2 Å². The first-order valence-corrected chi connectivity index (χ1v) is 6.76. The van der Waals surface area contributed by atoms with Crippen molar-refractivity contribution < 1.29 is 9.53 Å². The van der Waals surface area contributed by atoms with Crippen LogP contribution in [0.1, 0.15) is 46.5 Å². The smallest absolute Gasteiger partial charge is 0.330 e. The van der Waals surface area contributed by atoms with Gasteiger partial charge in [-0.1, -0.05) is 19.9 Å². The van der Waals surface area contributed by atoms with Crippen LogP contribution >= 0.6 is 0 Å². The maximum absolute atomic E-state index is 11.0. The molecule has 0 aliphatic rings. The minimum Gasteiger partial charge on any atom is -0.463 e. The van der Waals surface area contributed by atoms with Crippen molar-refractivity contribution in [1.29, 1.82) is 0 Å². The van der Waals surface area contributed by atoms with Crippen LogP contribution in [0.5, 0.6) is 0 Å². The molecule has 0 amide bonds.